The second-order valence-corrected chi connectivity index (χ2v) is 11.2. The Labute approximate surface area is 235 Å². The highest BCUT2D eigenvalue weighted by Gasteiger charge is 2.32. The quantitative estimate of drug-likeness (QED) is 0.400. The summed E-state index contributed by atoms with van der Waals surface area (Å²) in [6, 6.07) is 3.18. The van der Waals surface area contributed by atoms with E-state index >= 15 is 4.39 Å². The molecule has 0 saturated carbocycles. The summed E-state index contributed by atoms with van der Waals surface area (Å²) in [5.41, 5.74) is 0.839. The second-order valence-electron chi connectivity index (χ2n) is 10.9. The highest BCUT2D eigenvalue weighted by atomic mass is 35.5. The molecule has 0 bridgehead atoms. The topological polar surface area (TPSA) is 112 Å². The predicted octanol–water partition coefficient (Wildman–Crippen LogP) is 6.12. The third-order valence-corrected chi connectivity index (χ3v) is 7.06. The van der Waals surface area contributed by atoms with E-state index < -0.39 is 23.6 Å². The number of benzene rings is 1. The lowest BCUT2D eigenvalue weighted by atomic mass is 9.97. The number of hydrogen-bond acceptors (Lipinski definition) is 8. The normalized spacial score (nSPS) is 18.7. The molecule has 0 spiro atoms. The summed E-state index contributed by atoms with van der Waals surface area (Å²) < 4.78 is 37.7. The van der Waals surface area contributed by atoms with Crippen LogP contribution in [0.5, 0.6) is 5.88 Å². The molecule has 2 amide bonds. The molecule has 1 N–H and O–H groups in total. The zero-order chi connectivity index (χ0) is 28.8. The molecule has 40 heavy (non-hydrogen) atoms. The maximum atomic E-state index is 15.7. The van der Waals surface area contributed by atoms with Crippen molar-refractivity contribution in [3.63, 3.8) is 0 Å². The SMILES string of the molecule is Cc1c(-c2cc3cc(NC(=O)OC4COCC4C)ncc3c(Cl)c2F)cnc2c1N(C(=O)OC(C)(C)C)CCO2. The number of nitrogens with one attached hydrogen (secondary N) is 1. The van der Waals surface area contributed by atoms with Gasteiger partial charge in [0.2, 0.25) is 5.88 Å². The van der Waals surface area contributed by atoms with Crippen molar-refractivity contribution in [3.8, 4) is 17.0 Å². The lowest BCUT2D eigenvalue weighted by Gasteiger charge is -2.32. The Balaban J connectivity index is 1.50. The molecular formula is C28H30ClFN4O6. The largest absolute Gasteiger partial charge is 0.474 e. The van der Waals surface area contributed by atoms with Crippen LogP contribution < -0.4 is 15.0 Å². The molecule has 0 aliphatic carbocycles. The van der Waals surface area contributed by atoms with Gasteiger partial charge in [-0.3, -0.25) is 10.2 Å². The first-order valence-corrected chi connectivity index (χ1v) is 13.3. The molecule has 0 radical (unpaired) electrons. The highest BCUT2D eigenvalue weighted by Crippen LogP contribution is 2.42. The van der Waals surface area contributed by atoms with E-state index in [1.807, 2.05) is 6.92 Å². The van der Waals surface area contributed by atoms with Crippen molar-refractivity contribution >= 4 is 46.1 Å². The maximum Gasteiger partial charge on any atom is 0.415 e. The van der Waals surface area contributed by atoms with E-state index in [-0.39, 0.29) is 47.5 Å². The molecular weight excluding hydrogens is 543 g/mol. The van der Waals surface area contributed by atoms with E-state index in [1.165, 1.54) is 17.3 Å². The van der Waals surface area contributed by atoms with Crippen molar-refractivity contribution in [2.24, 2.45) is 5.92 Å². The van der Waals surface area contributed by atoms with Crippen molar-refractivity contribution in [2.75, 3.05) is 36.6 Å². The molecule has 5 rings (SSSR count). The average Bonchev–Trinajstić information content (AvgIpc) is 3.29. The van der Waals surface area contributed by atoms with Crippen LogP contribution in [0, 0.1) is 18.7 Å². The van der Waals surface area contributed by atoms with Crippen LogP contribution in [0.25, 0.3) is 21.9 Å². The number of ether oxygens (including phenoxy) is 4. The number of nitrogens with zero attached hydrogens (tertiary/aromatic N) is 3. The molecule has 2 aromatic heterocycles. The fourth-order valence-electron chi connectivity index (χ4n) is 4.67. The molecule has 4 heterocycles. The van der Waals surface area contributed by atoms with Gasteiger partial charge in [0, 0.05) is 34.8 Å². The van der Waals surface area contributed by atoms with Gasteiger partial charge in [0.1, 0.15) is 35.6 Å². The lowest BCUT2D eigenvalue weighted by Crippen LogP contribution is -2.42. The fraction of sp³-hybridized carbons (Fsp3) is 0.429. The van der Waals surface area contributed by atoms with Gasteiger partial charge in [0.15, 0.2) is 0 Å². The van der Waals surface area contributed by atoms with Crippen LogP contribution in [0.2, 0.25) is 5.02 Å². The monoisotopic (exact) mass is 572 g/mol. The Kier molecular flexibility index (Phi) is 7.45. The van der Waals surface area contributed by atoms with Crippen LogP contribution in [0.1, 0.15) is 33.3 Å². The number of amides is 2. The summed E-state index contributed by atoms with van der Waals surface area (Å²) in [6.07, 6.45) is 1.30. The van der Waals surface area contributed by atoms with Gasteiger partial charge in [-0.25, -0.2) is 23.9 Å². The van der Waals surface area contributed by atoms with Crippen LogP contribution in [-0.4, -0.2) is 60.2 Å². The Bertz CT molecular complexity index is 1490. The first-order valence-electron chi connectivity index (χ1n) is 12.9. The van der Waals surface area contributed by atoms with E-state index in [1.54, 1.807) is 39.8 Å². The van der Waals surface area contributed by atoms with Crippen LogP contribution in [0.4, 0.5) is 25.5 Å². The number of aromatic nitrogens is 2. The van der Waals surface area contributed by atoms with Gasteiger partial charge in [0.05, 0.1) is 24.8 Å². The van der Waals surface area contributed by atoms with E-state index in [9.17, 15) is 9.59 Å². The summed E-state index contributed by atoms with van der Waals surface area (Å²) in [5, 5.41) is 3.37. The first-order chi connectivity index (χ1) is 18.9. The average molecular weight is 573 g/mol. The molecule has 1 fully saturated rings. The first kappa shape index (κ1) is 27.9. The van der Waals surface area contributed by atoms with E-state index in [4.69, 9.17) is 30.5 Å². The summed E-state index contributed by atoms with van der Waals surface area (Å²) in [4.78, 5) is 35.4. The van der Waals surface area contributed by atoms with Gasteiger partial charge in [0.25, 0.3) is 0 Å². The molecule has 1 saturated heterocycles. The fourth-order valence-corrected chi connectivity index (χ4v) is 4.93. The van der Waals surface area contributed by atoms with Gasteiger partial charge in [-0.2, -0.15) is 0 Å². The molecule has 12 heteroatoms. The van der Waals surface area contributed by atoms with Crippen LogP contribution in [0.15, 0.2) is 24.5 Å². The Hall–Kier alpha value is -3.70. The lowest BCUT2D eigenvalue weighted by molar-refractivity contribution is 0.0566. The second kappa shape index (κ2) is 10.7. The zero-order valence-electron chi connectivity index (χ0n) is 22.8. The summed E-state index contributed by atoms with van der Waals surface area (Å²) in [6.45, 7) is 10.4. The minimum Gasteiger partial charge on any atom is -0.474 e. The van der Waals surface area contributed by atoms with Crippen LogP contribution in [-0.2, 0) is 14.2 Å². The smallest absolute Gasteiger partial charge is 0.415 e. The molecule has 3 aromatic rings. The van der Waals surface area contributed by atoms with Crippen molar-refractivity contribution < 1.29 is 32.9 Å². The number of carbonyl (C=O) groups is 2. The van der Waals surface area contributed by atoms with Crippen molar-refractivity contribution in [1.29, 1.82) is 0 Å². The van der Waals surface area contributed by atoms with Crippen LogP contribution in [0.3, 0.4) is 0 Å². The van der Waals surface area contributed by atoms with E-state index in [2.05, 4.69) is 15.3 Å². The number of anilines is 2. The number of fused-ring (bicyclic) bond motifs is 2. The number of halogens is 2. The molecule has 10 nitrogen and oxygen atoms in total. The molecule has 1 aromatic carbocycles. The summed E-state index contributed by atoms with van der Waals surface area (Å²) >= 11 is 6.45. The molecule has 2 aliphatic heterocycles. The molecule has 2 aliphatic rings. The number of rotatable bonds is 3. The standard InChI is InChI=1S/C28H30ClFN4O6/c1-14-12-37-13-20(14)39-26(35)33-21-9-16-8-17(23(30)22(29)19(16)11-31-21)18-10-32-25-24(15(18)2)34(6-7-38-25)27(36)40-28(3,4)5/h8-11,14,20H,6-7,12-13H2,1-5H3,(H,31,33,35). The van der Waals surface area contributed by atoms with Gasteiger partial charge < -0.3 is 18.9 Å². The predicted molar refractivity (Wildman–Crippen MR) is 148 cm³/mol. The minimum atomic E-state index is -0.707. The Morgan fingerprint density at radius 3 is 2.65 bits per heavy atom. The number of carbonyl (C=O) groups excluding carboxylic acids is 2. The molecule has 212 valence electrons. The van der Waals surface area contributed by atoms with Crippen molar-refractivity contribution in [2.45, 2.75) is 46.3 Å². The molecule has 2 atom stereocenters. The Morgan fingerprint density at radius 2 is 1.95 bits per heavy atom. The maximum absolute atomic E-state index is 15.7. The zero-order valence-corrected chi connectivity index (χ0v) is 23.6. The van der Waals surface area contributed by atoms with Gasteiger partial charge in [-0.1, -0.05) is 18.5 Å². The van der Waals surface area contributed by atoms with Crippen molar-refractivity contribution in [3.05, 3.63) is 40.9 Å². The van der Waals surface area contributed by atoms with E-state index in [0.717, 1.165) is 0 Å². The van der Waals surface area contributed by atoms with E-state index in [0.29, 0.717) is 40.8 Å². The van der Waals surface area contributed by atoms with Gasteiger partial charge in [-0.15, -0.1) is 0 Å². The summed E-state index contributed by atoms with van der Waals surface area (Å²) in [7, 11) is 0. The molecule has 2 unspecified atom stereocenters. The van der Waals surface area contributed by atoms with Crippen LogP contribution >= 0.6 is 11.6 Å². The number of pyridine rings is 2. The van der Waals surface area contributed by atoms with Gasteiger partial charge >= 0.3 is 12.2 Å². The highest BCUT2D eigenvalue weighted by molar-refractivity contribution is 6.36. The van der Waals surface area contributed by atoms with Gasteiger partial charge in [-0.05, 0) is 50.8 Å². The number of hydrogen-bond donors (Lipinski definition) is 1. The third-order valence-electron chi connectivity index (χ3n) is 6.69. The van der Waals surface area contributed by atoms with Crippen molar-refractivity contribution in [1.82, 2.24) is 9.97 Å². The third kappa shape index (κ3) is 5.48. The minimum absolute atomic E-state index is 0.0877. The Morgan fingerprint density at radius 1 is 1.18 bits per heavy atom. The summed E-state index contributed by atoms with van der Waals surface area (Å²) in [5.74, 6) is -0.120.